The second-order valence-corrected chi connectivity index (χ2v) is 10.1. The van der Waals surface area contributed by atoms with Gasteiger partial charge < -0.3 is 9.47 Å². The van der Waals surface area contributed by atoms with Gasteiger partial charge in [-0.3, -0.25) is 0 Å². The molecule has 0 spiro atoms. The summed E-state index contributed by atoms with van der Waals surface area (Å²) in [6.07, 6.45) is 1.18. The average Bonchev–Trinajstić information content (AvgIpc) is 2.74. The molecule has 166 valence electrons. The lowest BCUT2D eigenvalue weighted by Gasteiger charge is -2.09. The van der Waals surface area contributed by atoms with Crippen LogP contribution in [0.5, 0.6) is 0 Å². The van der Waals surface area contributed by atoms with Gasteiger partial charge in [0.25, 0.3) is 0 Å². The SMILES string of the molecule is COCCCNS(=O)(=O)c1ccc(-c2ccc(S(=O)(=O)NCCCOC)cc2)cc1. The number of nitrogens with one attached hydrogen (secondary N) is 2. The Morgan fingerprint density at radius 1 is 0.633 bits per heavy atom. The Bertz CT molecular complexity index is 905. The lowest BCUT2D eigenvalue weighted by atomic mass is 10.1. The quantitative estimate of drug-likeness (QED) is 0.446. The zero-order chi connectivity index (χ0) is 22.0. The molecule has 2 aromatic carbocycles. The molecule has 0 bridgehead atoms. The van der Waals surface area contributed by atoms with Crippen molar-refractivity contribution in [2.24, 2.45) is 0 Å². The zero-order valence-electron chi connectivity index (χ0n) is 17.1. The van der Waals surface area contributed by atoms with E-state index in [4.69, 9.17) is 9.47 Å². The van der Waals surface area contributed by atoms with Gasteiger partial charge in [0.1, 0.15) is 0 Å². The van der Waals surface area contributed by atoms with Crippen LogP contribution in [0.15, 0.2) is 58.3 Å². The number of sulfonamides is 2. The maximum Gasteiger partial charge on any atom is 0.240 e. The smallest absolute Gasteiger partial charge is 0.240 e. The Hall–Kier alpha value is -1.82. The molecule has 0 saturated carbocycles. The third kappa shape index (κ3) is 7.15. The van der Waals surface area contributed by atoms with Gasteiger partial charge in [-0.25, -0.2) is 26.3 Å². The van der Waals surface area contributed by atoms with Crippen molar-refractivity contribution in [3.05, 3.63) is 48.5 Å². The number of rotatable bonds is 13. The van der Waals surface area contributed by atoms with E-state index in [1.807, 2.05) is 0 Å². The molecule has 0 heterocycles. The van der Waals surface area contributed by atoms with Gasteiger partial charge in [-0.05, 0) is 48.2 Å². The van der Waals surface area contributed by atoms with Crippen LogP contribution < -0.4 is 9.44 Å². The summed E-state index contributed by atoms with van der Waals surface area (Å²) < 4.78 is 64.0. The standard InChI is InChI=1S/C20H28N2O6S2/c1-27-15-3-13-21-29(23,24)19-9-5-17(6-10-19)18-7-11-20(12-8-18)30(25,26)22-14-4-16-28-2/h5-12,21-22H,3-4,13-16H2,1-2H3. The van der Waals surface area contributed by atoms with Gasteiger partial charge in [0.15, 0.2) is 0 Å². The Morgan fingerprint density at radius 2 is 0.967 bits per heavy atom. The Labute approximate surface area is 178 Å². The highest BCUT2D eigenvalue weighted by molar-refractivity contribution is 7.89. The van der Waals surface area contributed by atoms with Crippen molar-refractivity contribution in [1.29, 1.82) is 0 Å². The van der Waals surface area contributed by atoms with Crippen molar-refractivity contribution in [2.45, 2.75) is 22.6 Å². The zero-order valence-corrected chi connectivity index (χ0v) is 18.8. The lowest BCUT2D eigenvalue weighted by Crippen LogP contribution is -2.25. The van der Waals surface area contributed by atoms with E-state index in [-0.39, 0.29) is 9.79 Å². The molecule has 0 aliphatic heterocycles. The van der Waals surface area contributed by atoms with Gasteiger partial charge in [-0.1, -0.05) is 24.3 Å². The molecule has 0 aliphatic carbocycles. The summed E-state index contributed by atoms with van der Waals surface area (Å²) >= 11 is 0. The minimum absolute atomic E-state index is 0.170. The van der Waals surface area contributed by atoms with E-state index in [0.29, 0.717) is 39.1 Å². The van der Waals surface area contributed by atoms with Gasteiger partial charge in [0.05, 0.1) is 9.79 Å². The monoisotopic (exact) mass is 456 g/mol. The Balaban J connectivity index is 2.05. The van der Waals surface area contributed by atoms with Gasteiger partial charge in [-0.2, -0.15) is 0 Å². The van der Waals surface area contributed by atoms with Crippen molar-refractivity contribution >= 4 is 20.0 Å². The van der Waals surface area contributed by atoms with Gasteiger partial charge in [-0.15, -0.1) is 0 Å². The van der Waals surface area contributed by atoms with Crippen LogP contribution in [0.25, 0.3) is 11.1 Å². The molecule has 0 saturated heterocycles. The van der Waals surface area contributed by atoms with Crippen LogP contribution in [0.3, 0.4) is 0 Å². The molecule has 10 heteroatoms. The predicted molar refractivity (Wildman–Crippen MR) is 115 cm³/mol. The van der Waals surface area contributed by atoms with E-state index in [2.05, 4.69) is 9.44 Å². The van der Waals surface area contributed by atoms with E-state index < -0.39 is 20.0 Å². The average molecular weight is 457 g/mol. The Morgan fingerprint density at radius 3 is 1.27 bits per heavy atom. The normalized spacial score (nSPS) is 12.2. The largest absolute Gasteiger partial charge is 0.385 e. The molecule has 2 rings (SSSR count). The minimum atomic E-state index is -3.58. The maximum absolute atomic E-state index is 12.3. The molecule has 0 aliphatic rings. The topological polar surface area (TPSA) is 111 Å². The first-order valence-electron chi connectivity index (χ1n) is 9.48. The van der Waals surface area contributed by atoms with Crippen LogP contribution in [-0.2, 0) is 29.5 Å². The molecule has 0 aromatic heterocycles. The highest BCUT2D eigenvalue weighted by atomic mass is 32.2. The molecule has 30 heavy (non-hydrogen) atoms. The van der Waals surface area contributed by atoms with Crippen LogP contribution >= 0.6 is 0 Å². The molecule has 2 N–H and O–H groups in total. The second-order valence-electron chi connectivity index (χ2n) is 6.54. The minimum Gasteiger partial charge on any atom is -0.385 e. The summed E-state index contributed by atoms with van der Waals surface area (Å²) in [5, 5.41) is 0. The summed E-state index contributed by atoms with van der Waals surface area (Å²) in [7, 11) is -4.03. The van der Waals surface area contributed by atoms with Gasteiger partial charge in [0.2, 0.25) is 20.0 Å². The molecule has 0 radical (unpaired) electrons. The van der Waals surface area contributed by atoms with Crippen LogP contribution in [0.1, 0.15) is 12.8 Å². The van der Waals surface area contributed by atoms with Crippen LogP contribution in [0.2, 0.25) is 0 Å². The van der Waals surface area contributed by atoms with Crippen molar-refractivity contribution in [1.82, 2.24) is 9.44 Å². The number of benzene rings is 2. The summed E-state index contributed by atoms with van der Waals surface area (Å²) in [6.45, 7) is 1.56. The second kappa shape index (κ2) is 11.5. The molecule has 8 nitrogen and oxygen atoms in total. The summed E-state index contributed by atoms with van der Waals surface area (Å²) in [4.78, 5) is 0.339. The molecule has 0 amide bonds. The van der Waals surface area contributed by atoms with Crippen LogP contribution in [0.4, 0.5) is 0 Å². The van der Waals surface area contributed by atoms with Crippen molar-refractivity contribution in [3.8, 4) is 11.1 Å². The van der Waals surface area contributed by atoms with E-state index in [9.17, 15) is 16.8 Å². The maximum atomic E-state index is 12.3. The molecule has 0 atom stereocenters. The van der Waals surface area contributed by atoms with Crippen LogP contribution in [0, 0.1) is 0 Å². The number of methoxy groups -OCH3 is 2. The van der Waals surface area contributed by atoms with Gasteiger partial charge >= 0.3 is 0 Å². The first-order valence-corrected chi connectivity index (χ1v) is 12.4. The highest BCUT2D eigenvalue weighted by Crippen LogP contribution is 2.23. The van der Waals surface area contributed by atoms with Crippen molar-refractivity contribution in [3.63, 3.8) is 0 Å². The third-order valence-electron chi connectivity index (χ3n) is 4.30. The molecule has 0 unspecified atom stereocenters. The molecular weight excluding hydrogens is 428 g/mol. The molecular formula is C20H28N2O6S2. The van der Waals surface area contributed by atoms with E-state index in [0.717, 1.165) is 11.1 Å². The summed E-state index contributed by atoms with van der Waals surface area (Å²) in [5.74, 6) is 0. The van der Waals surface area contributed by atoms with Crippen molar-refractivity contribution in [2.75, 3.05) is 40.5 Å². The van der Waals surface area contributed by atoms with E-state index >= 15 is 0 Å². The van der Waals surface area contributed by atoms with E-state index in [1.165, 1.54) is 24.3 Å². The summed E-state index contributed by atoms with van der Waals surface area (Å²) in [6, 6.07) is 12.9. The number of hydrogen-bond acceptors (Lipinski definition) is 6. The molecule has 0 fully saturated rings. The third-order valence-corrected chi connectivity index (χ3v) is 7.25. The Kier molecular flexibility index (Phi) is 9.40. The van der Waals surface area contributed by atoms with Crippen molar-refractivity contribution < 1.29 is 26.3 Å². The fourth-order valence-corrected chi connectivity index (χ4v) is 4.81. The summed E-state index contributed by atoms with van der Waals surface area (Å²) in [5.41, 5.74) is 1.57. The fourth-order valence-electron chi connectivity index (χ4n) is 2.67. The van der Waals surface area contributed by atoms with E-state index in [1.54, 1.807) is 38.5 Å². The first kappa shape index (κ1) is 24.4. The van der Waals surface area contributed by atoms with Crippen LogP contribution in [-0.4, -0.2) is 57.4 Å². The number of ether oxygens (including phenoxy) is 2. The lowest BCUT2D eigenvalue weighted by molar-refractivity contribution is 0.196. The first-order chi connectivity index (χ1) is 14.3. The van der Waals surface area contributed by atoms with Gasteiger partial charge in [0, 0.05) is 40.5 Å². The fraction of sp³-hybridized carbons (Fsp3) is 0.400. The molecule has 2 aromatic rings. The predicted octanol–water partition coefficient (Wildman–Crippen LogP) is 1.98. The number of hydrogen-bond donors (Lipinski definition) is 2. The highest BCUT2D eigenvalue weighted by Gasteiger charge is 2.15.